The van der Waals surface area contributed by atoms with E-state index in [1.807, 2.05) is 0 Å². The Labute approximate surface area is 120 Å². The van der Waals surface area contributed by atoms with Crippen LogP contribution in [0.2, 0.25) is 5.15 Å². The number of aliphatic hydroxyl groups is 1. The van der Waals surface area contributed by atoms with Crippen LogP contribution in [-0.2, 0) is 6.18 Å². The van der Waals surface area contributed by atoms with Crippen LogP contribution < -0.4 is 5.32 Å². The Morgan fingerprint density at radius 2 is 1.90 bits per heavy atom. The quantitative estimate of drug-likeness (QED) is 0.644. The molecule has 1 heterocycles. The lowest BCUT2D eigenvalue weighted by molar-refractivity contribution is -0.137. The van der Waals surface area contributed by atoms with Crippen molar-refractivity contribution < 1.29 is 18.3 Å². The van der Waals surface area contributed by atoms with Gasteiger partial charge in [0.15, 0.2) is 0 Å². The maximum atomic E-state index is 12.7. The first-order valence-corrected chi connectivity index (χ1v) is 6.93. The number of nitrogens with one attached hydrogen (secondary N) is 1. The van der Waals surface area contributed by atoms with Gasteiger partial charge in [0.05, 0.1) is 17.7 Å². The number of nitrogens with zero attached hydrogens (tertiary/aromatic N) is 1. The van der Waals surface area contributed by atoms with Crippen LogP contribution in [0.25, 0.3) is 0 Å². The zero-order valence-electron chi connectivity index (χ0n) is 10.8. The molecule has 2 N–H and O–H groups in total. The van der Waals surface area contributed by atoms with Gasteiger partial charge in [-0.25, -0.2) is 4.98 Å². The monoisotopic (exact) mass is 308 g/mol. The van der Waals surface area contributed by atoms with Crippen molar-refractivity contribution in [1.29, 1.82) is 0 Å². The summed E-state index contributed by atoms with van der Waals surface area (Å²) in [6.45, 7) is 0. The first-order chi connectivity index (χ1) is 9.36. The molecule has 2 atom stereocenters. The minimum atomic E-state index is -4.47. The Bertz CT molecular complexity index is 467. The molecule has 0 aromatic carbocycles. The summed E-state index contributed by atoms with van der Waals surface area (Å²) in [7, 11) is 0. The molecule has 0 spiro atoms. The van der Waals surface area contributed by atoms with Gasteiger partial charge >= 0.3 is 6.18 Å². The number of anilines is 1. The Morgan fingerprint density at radius 1 is 1.20 bits per heavy atom. The molecule has 3 nitrogen and oxygen atoms in total. The molecule has 0 bridgehead atoms. The van der Waals surface area contributed by atoms with E-state index in [0.29, 0.717) is 12.8 Å². The number of rotatable bonds is 2. The minimum absolute atomic E-state index is 0.0516. The summed E-state index contributed by atoms with van der Waals surface area (Å²) in [5, 5.41) is 12.6. The molecule has 2 rings (SSSR count). The summed E-state index contributed by atoms with van der Waals surface area (Å²) >= 11 is 5.63. The number of hydrogen-bond acceptors (Lipinski definition) is 3. The summed E-state index contributed by atoms with van der Waals surface area (Å²) in [6, 6.07) is 1.42. The van der Waals surface area contributed by atoms with Gasteiger partial charge in [-0.2, -0.15) is 13.2 Å². The van der Waals surface area contributed by atoms with E-state index in [4.69, 9.17) is 11.6 Å². The SMILES string of the molecule is OC1CCCCCC1Nc1cc(C(F)(F)F)cc(Cl)n1. The third-order valence-electron chi connectivity index (χ3n) is 3.43. The van der Waals surface area contributed by atoms with E-state index >= 15 is 0 Å². The number of alkyl halides is 3. The van der Waals surface area contributed by atoms with Gasteiger partial charge in [0.25, 0.3) is 0 Å². The molecular formula is C13H16ClF3N2O. The highest BCUT2D eigenvalue weighted by Gasteiger charge is 2.32. The zero-order chi connectivity index (χ0) is 14.8. The number of aromatic nitrogens is 1. The summed E-state index contributed by atoms with van der Waals surface area (Å²) in [5.41, 5.74) is -0.844. The van der Waals surface area contributed by atoms with Gasteiger partial charge < -0.3 is 10.4 Å². The van der Waals surface area contributed by atoms with Gasteiger partial charge in [-0.15, -0.1) is 0 Å². The van der Waals surface area contributed by atoms with Crippen molar-refractivity contribution in [2.45, 2.75) is 50.4 Å². The Balaban J connectivity index is 2.18. The maximum absolute atomic E-state index is 12.7. The van der Waals surface area contributed by atoms with Crippen molar-refractivity contribution >= 4 is 17.4 Å². The summed E-state index contributed by atoms with van der Waals surface area (Å²) < 4.78 is 38.1. The fourth-order valence-corrected chi connectivity index (χ4v) is 2.59. The highest BCUT2D eigenvalue weighted by atomic mass is 35.5. The highest BCUT2D eigenvalue weighted by Crippen LogP contribution is 2.32. The standard InChI is InChI=1S/C13H16ClF3N2O/c14-11-6-8(13(15,16)17)7-12(19-11)18-9-4-2-1-3-5-10(9)20/h6-7,9-10,20H,1-5H2,(H,18,19). The predicted octanol–water partition coefficient (Wildman–Crippen LogP) is 3.86. The molecule has 112 valence electrons. The fraction of sp³-hybridized carbons (Fsp3) is 0.615. The Morgan fingerprint density at radius 3 is 2.60 bits per heavy atom. The molecule has 2 unspecified atom stereocenters. The third kappa shape index (κ3) is 3.99. The van der Waals surface area contributed by atoms with Crippen LogP contribution in [0.5, 0.6) is 0 Å². The highest BCUT2D eigenvalue weighted by molar-refractivity contribution is 6.29. The van der Waals surface area contributed by atoms with Gasteiger partial charge in [0.2, 0.25) is 0 Å². The molecule has 1 aromatic heterocycles. The number of halogens is 4. The van der Waals surface area contributed by atoms with E-state index in [1.165, 1.54) is 0 Å². The zero-order valence-corrected chi connectivity index (χ0v) is 11.5. The van der Waals surface area contributed by atoms with Crippen molar-refractivity contribution in [3.8, 4) is 0 Å². The van der Waals surface area contributed by atoms with E-state index in [1.54, 1.807) is 0 Å². The second-order valence-corrected chi connectivity index (χ2v) is 5.40. The average molecular weight is 309 g/mol. The molecule has 1 saturated carbocycles. The van der Waals surface area contributed by atoms with Crippen molar-refractivity contribution in [3.63, 3.8) is 0 Å². The van der Waals surface area contributed by atoms with E-state index < -0.39 is 17.8 Å². The van der Waals surface area contributed by atoms with E-state index in [2.05, 4.69) is 10.3 Å². The maximum Gasteiger partial charge on any atom is 0.416 e. The second kappa shape index (κ2) is 6.18. The number of aliphatic hydroxyl groups excluding tert-OH is 1. The number of hydrogen-bond donors (Lipinski definition) is 2. The largest absolute Gasteiger partial charge is 0.416 e. The third-order valence-corrected chi connectivity index (χ3v) is 3.63. The van der Waals surface area contributed by atoms with Crippen LogP contribution in [0.3, 0.4) is 0 Å². The molecular weight excluding hydrogens is 293 g/mol. The molecule has 7 heteroatoms. The molecule has 0 radical (unpaired) electrons. The van der Waals surface area contributed by atoms with E-state index in [-0.39, 0.29) is 17.0 Å². The van der Waals surface area contributed by atoms with Crippen LogP contribution >= 0.6 is 11.6 Å². The molecule has 1 aliphatic carbocycles. The molecule has 1 aliphatic rings. The lowest BCUT2D eigenvalue weighted by Crippen LogP contribution is -2.32. The van der Waals surface area contributed by atoms with E-state index in [9.17, 15) is 18.3 Å². The predicted molar refractivity (Wildman–Crippen MR) is 70.8 cm³/mol. The first-order valence-electron chi connectivity index (χ1n) is 6.55. The molecule has 0 aliphatic heterocycles. The average Bonchev–Trinajstić information content (AvgIpc) is 2.53. The normalized spacial score (nSPS) is 24.2. The molecule has 1 fully saturated rings. The fourth-order valence-electron chi connectivity index (χ4n) is 2.38. The van der Waals surface area contributed by atoms with Crippen LogP contribution in [0, 0.1) is 0 Å². The van der Waals surface area contributed by atoms with Gasteiger partial charge in [0, 0.05) is 0 Å². The summed E-state index contributed by atoms with van der Waals surface area (Å²) in [4.78, 5) is 3.85. The number of pyridine rings is 1. The van der Waals surface area contributed by atoms with Crippen LogP contribution in [0.4, 0.5) is 19.0 Å². The molecule has 0 saturated heterocycles. The topological polar surface area (TPSA) is 45.1 Å². The van der Waals surface area contributed by atoms with Crippen molar-refractivity contribution in [1.82, 2.24) is 4.98 Å². The van der Waals surface area contributed by atoms with Crippen molar-refractivity contribution in [2.75, 3.05) is 5.32 Å². The summed E-state index contributed by atoms with van der Waals surface area (Å²) in [5.74, 6) is 0.0516. The molecule has 1 aromatic rings. The van der Waals surface area contributed by atoms with Crippen LogP contribution in [-0.4, -0.2) is 22.2 Å². The lowest BCUT2D eigenvalue weighted by atomic mass is 10.1. The Kier molecular flexibility index (Phi) is 4.75. The smallest absolute Gasteiger partial charge is 0.391 e. The van der Waals surface area contributed by atoms with Gasteiger partial charge in [-0.1, -0.05) is 30.9 Å². The van der Waals surface area contributed by atoms with Gasteiger partial charge in [-0.05, 0) is 25.0 Å². The van der Waals surface area contributed by atoms with Crippen molar-refractivity contribution in [3.05, 3.63) is 22.8 Å². The summed E-state index contributed by atoms with van der Waals surface area (Å²) in [6.07, 6.45) is -0.817. The van der Waals surface area contributed by atoms with Crippen molar-refractivity contribution in [2.24, 2.45) is 0 Å². The minimum Gasteiger partial charge on any atom is -0.391 e. The molecule has 20 heavy (non-hydrogen) atoms. The van der Waals surface area contributed by atoms with Gasteiger partial charge in [0.1, 0.15) is 11.0 Å². The lowest BCUT2D eigenvalue weighted by Gasteiger charge is -2.22. The van der Waals surface area contributed by atoms with Crippen LogP contribution in [0.1, 0.15) is 37.7 Å². The van der Waals surface area contributed by atoms with E-state index in [0.717, 1.165) is 31.4 Å². The second-order valence-electron chi connectivity index (χ2n) is 5.02. The van der Waals surface area contributed by atoms with Crippen LogP contribution in [0.15, 0.2) is 12.1 Å². The molecule has 0 amide bonds. The Hall–Kier alpha value is -1.01. The van der Waals surface area contributed by atoms with Gasteiger partial charge in [-0.3, -0.25) is 0 Å². The first kappa shape index (κ1) is 15.4.